The fourth-order valence-electron chi connectivity index (χ4n) is 1.60. The van der Waals surface area contributed by atoms with Gasteiger partial charge in [0.25, 0.3) is 0 Å². The Hall–Kier alpha value is -0.570. The molecule has 0 amide bonds. The number of halogens is 1. The van der Waals surface area contributed by atoms with Crippen molar-refractivity contribution in [2.24, 2.45) is 0 Å². The van der Waals surface area contributed by atoms with Crippen LogP contribution in [0.5, 0.6) is 0 Å². The summed E-state index contributed by atoms with van der Waals surface area (Å²) in [7, 11) is 0. The zero-order valence-corrected chi connectivity index (χ0v) is 12.0. The second-order valence-corrected chi connectivity index (χ2v) is 5.24. The van der Waals surface area contributed by atoms with Gasteiger partial charge in [0, 0.05) is 3.58 Å². The quantitative estimate of drug-likeness (QED) is 0.363. The molecule has 0 aliphatic rings. The Kier molecular flexibility index (Phi) is 6.46. The lowest BCUT2D eigenvalue weighted by Gasteiger charge is -2.05. The van der Waals surface area contributed by atoms with E-state index in [1.165, 1.54) is 30.4 Å². The summed E-state index contributed by atoms with van der Waals surface area (Å²) in [5.74, 6) is 0. The molecule has 0 aliphatic heterocycles. The summed E-state index contributed by atoms with van der Waals surface area (Å²) in [5.41, 5.74) is 2.65. The van der Waals surface area contributed by atoms with Crippen molar-refractivity contribution in [3.8, 4) is 0 Å². The van der Waals surface area contributed by atoms with E-state index in [4.69, 9.17) is 0 Å². The van der Waals surface area contributed by atoms with E-state index >= 15 is 0 Å². The van der Waals surface area contributed by atoms with Crippen molar-refractivity contribution < 1.29 is 0 Å². The number of allylic oxidation sites excluding steroid dienone is 2. The van der Waals surface area contributed by atoms with Gasteiger partial charge in [0.05, 0.1) is 0 Å². The van der Waals surface area contributed by atoms with Crippen LogP contribution in [0.2, 0.25) is 0 Å². The third-order valence-electron chi connectivity index (χ3n) is 2.54. The Morgan fingerprint density at radius 2 is 1.94 bits per heavy atom. The van der Waals surface area contributed by atoms with Gasteiger partial charge in [-0.05, 0) is 46.6 Å². The Balaban J connectivity index is 2.70. The lowest BCUT2D eigenvalue weighted by atomic mass is 10.0. The van der Waals surface area contributed by atoms with E-state index in [2.05, 4.69) is 66.4 Å². The molecule has 0 saturated heterocycles. The van der Waals surface area contributed by atoms with E-state index in [-0.39, 0.29) is 0 Å². The van der Waals surface area contributed by atoms with Gasteiger partial charge in [0.2, 0.25) is 0 Å². The zero-order valence-electron chi connectivity index (χ0n) is 9.88. The first-order chi connectivity index (χ1) is 7.74. The summed E-state index contributed by atoms with van der Waals surface area (Å²) in [5, 5.41) is 0. The van der Waals surface area contributed by atoms with Crippen LogP contribution < -0.4 is 0 Å². The first-order valence-corrected chi connectivity index (χ1v) is 6.92. The molecule has 0 fully saturated rings. The van der Waals surface area contributed by atoms with Crippen LogP contribution in [-0.4, -0.2) is 0 Å². The van der Waals surface area contributed by atoms with Crippen LogP contribution in [0.1, 0.15) is 38.2 Å². The first kappa shape index (κ1) is 13.5. The molecule has 0 N–H and O–H groups in total. The van der Waals surface area contributed by atoms with Crippen molar-refractivity contribution in [2.75, 3.05) is 0 Å². The van der Waals surface area contributed by atoms with Crippen LogP contribution in [0, 0.1) is 0 Å². The Morgan fingerprint density at radius 1 is 1.25 bits per heavy atom. The lowest BCUT2D eigenvalue weighted by Crippen LogP contribution is -1.84. The van der Waals surface area contributed by atoms with Crippen LogP contribution in [-0.2, 0) is 0 Å². The van der Waals surface area contributed by atoms with Gasteiger partial charge in [-0.2, -0.15) is 0 Å². The topological polar surface area (TPSA) is 0 Å². The molecular formula is C15H19I. The smallest absolute Gasteiger partial charge is 0.00902 e. The summed E-state index contributed by atoms with van der Waals surface area (Å²) in [6.45, 7) is 6.28. The molecule has 1 aromatic carbocycles. The van der Waals surface area contributed by atoms with Gasteiger partial charge in [0.1, 0.15) is 0 Å². The second kappa shape index (κ2) is 7.66. The fraction of sp³-hybridized carbons (Fsp3) is 0.333. The van der Waals surface area contributed by atoms with Gasteiger partial charge >= 0.3 is 0 Å². The highest BCUT2D eigenvalue weighted by atomic mass is 127. The number of rotatable bonds is 6. The molecule has 0 saturated carbocycles. The van der Waals surface area contributed by atoms with Crippen LogP contribution in [0.15, 0.2) is 46.1 Å². The maximum Gasteiger partial charge on any atom is 0.00902 e. The molecule has 0 spiro atoms. The summed E-state index contributed by atoms with van der Waals surface area (Å²) in [6, 6.07) is 10.5. The van der Waals surface area contributed by atoms with Gasteiger partial charge in [-0.25, -0.2) is 0 Å². The highest BCUT2D eigenvalue weighted by molar-refractivity contribution is 14.1. The highest BCUT2D eigenvalue weighted by Gasteiger charge is 2.00. The normalized spacial score (nSPS) is 11.5. The van der Waals surface area contributed by atoms with E-state index in [1.54, 1.807) is 0 Å². The molecule has 86 valence electrons. The summed E-state index contributed by atoms with van der Waals surface area (Å²) >= 11 is 2.32. The van der Waals surface area contributed by atoms with Crippen LogP contribution in [0.4, 0.5) is 0 Å². The van der Waals surface area contributed by atoms with Gasteiger partial charge in [0.15, 0.2) is 0 Å². The van der Waals surface area contributed by atoms with Gasteiger partial charge in [-0.3, -0.25) is 0 Å². The summed E-state index contributed by atoms with van der Waals surface area (Å²) < 4.78 is 1.16. The average Bonchev–Trinajstić information content (AvgIpc) is 2.29. The predicted octanol–water partition coefficient (Wildman–Crippen LogP) is 5.60. The van der Waals surface area contributed by atoms with Crippen LogP contribution in [0.25, 0.3) is 6.08 Å². The third kappa shape index (κ3) is 4.97. The minimum atomic E-state index is 1.14. The average molecular weight is 326 g/mol. The van der Waals surface area contributed by atoms with E-state index in [9.17, 15) is 0 Å². The van der Waals surface area contributed by atoms with Crippen molar-refractivity contribution >= 4 is 28.7 Å². The van der Waals surface area contributed by atoms with Crippen molar-refractivity contribution in [3.05, 3.63) is 51.6 Å². The molecule has 0 bridgehead atoms. The first-order valence-electron chi connectivity index (χ1n) is 5.84. The van der Waals surface area contributed by atoms with Gasteiger partial charge in [-0.1, -0.05) is 62.8 Å². The van der Waals surface area contributed by atoms with E-state index in [0.29, 0.717) is 0 Å². The molecular weight excluding hydrogens is 307 g/mol. The molecule has 16 heavy (non-hydrogen) atoms. The summed E-state index contributed by atoms with van der Waals surface area (Å²) in [6.07, 6.45) is 7.23. The Bertz CT molecular complexity index is 349. The van der Waals surface area contributed by atoms with E-state index in [0.717, 1.165) is 10.0 Å². The number of hydrogen-bond donors (Lipinski definition) is 0. The molecule has 0 aromatic heterocycles. The number of benzene rings is 1. The molecule has 0 radical (unpaired) electrons. The van der Waals surface area contributed by atoms with Gasteiger partial charge < -0.3 is 0 Å². The van der Waals surface area contributed by atoms with Crippen LogP contribution >= 0.6 is 22.6 Å². The lowest BCUT2D eigenvalue weighted by molar-refractivity contribution is 0.720. The highest BCUT2D eigenvalue weighted by Crippen LogP contribution is 2.24. The molecule has 0 unspecified atom stereocenters. The predicted molar refractivity (Wildman–Crippen MR) is 81.7 cm³/mol. The van der Waals surface area contributed by atoms with E-state index in [1.807, 2.05) is 6.07 Å². The maximum absolute atomic E-state index is 4.05. The summed E-state index contributed by atoms with van der Waals surface area (Å²) in [4.78, 5) is 0. The molecule has 1 aromatic rings. The molecule has 0 nitrogen and oxygen atoms in total. The van der Waals surface area contributed by atoms with Crippen molar-refractivity contribution in [2.45, 2.75) is 32.6 Å². The largest absolute Gasteiger partial charge is 0.0853 e. The molecule has 0 aliphatic carbocycles. The SMILES string of the molecule is C=C(I)/C(=C/c1ccccc1)CCCCC. The maximum atomic E-state index is 4.05. The molecule has 0 heterocycles. The van der Waals surface area contributed by atoms with Crippen molar-refractivity contribution in [1.29, 1.82) is 0 Å². The standard InChI is InChI=1S/C15H19I/c1-3-4-6-11-15(13(2)16)12-14-9-7-5-8-10-14/h5,7-10,12H,2-4,6,11H2,1H3/b15-12+. The van der Waals surface area contributed by atoms with Crippen molar-refractivity contribution in [1.82, 2.24) is 0 Å². The minimum Gasteiger partial charge on any atom is -0.0853 e. The molecule has 1 heteroatoms. The third-order valence-corrected chi connectivity index (χ3v) is 3.23. The van der Waals surface area contributed by atoms with Gasteiger partial charge in [-0.15, -0.1) is 0 Å². The fourth-order valence-corrected chi connectivity index (χ4v) is 2.03. The monoisotopic (exact) mass is 326 g/mol. The van der Waals surface area contributed by atoms with E-state index < -0.39 is 0 Å². The zero-order chi connectivity index (χ0) is 11.8. The minimum absolute atomic E-state index is 1.14. The molecule has 1 rings (SSSR count). The van der Waals surface area contributed by atoms with Crippen molar-refractivity contribution in [3.63, 3.8) is 0 Å². The molecule has 0 atom stereocenters. The van der Waals surface area contributed by atoms with Crippen LogP contribution in [0.3, 0.4) is 0 Å². The number of hydrogen-bond acceptors (Lipinski definition) is 0. The Morgan fingerprint density at radius 3 is 2.50 bits per heavy atom. The Labute approximate surface area is 113 Å². The number of unbranched alkanes of at least 4 members (excludes halogenated alkanes) is 2. The second-order valence-electron chi connectivity index (χ2n) is 3.94.